The Labute approximate surface area is 207 Å². The fourth-order valence-corrected chi connectivity index (χ4v) is 6.71. The molecule has 2 unspecified atom stereocenters. The number of carbonyl (C=O) groups is 1. The van der Waals surface area contributed by atoms with Crippen LogP contribution in [0.5, 0.6) is 0 Å². The molecule has 3 aliphatic rings. The number of benzene rings is 2. The van der Waals surface area contributed by atoms with Gasteiger partial charge in [-0.1, -0.05) is 18.6 Å². The summed E-state index contributed by atoms with van der Waals surface area (Å²) < 4.78 is 68.9. The predicted molar refractivity (Wildman–Crippen MR) is 131 cm³/mol. The van der Waals surface area contributed by atoms with Crippen LogP contribution in [0, 0.1) is 11.7 Å². The summed E-state index contributed by atoms with van der Waals surface area (Å²) in [5.74, 6) is -1.99. The third-order valence-corrected chi connectivity index (χ3v) is 8.39. The third kappa shape index (κ3) is 4.44. The quantitative estimate of drug-likeness (QED) is 0.535. The molecule has 1 amide bonds. The fraction of sp³-hybridized carbons (Fsp3) is 0.304. The van der Waals surface area contributed by atoms with Crippen molar-refractivity contribution >= 4 is 43.2 Å². The van der Waals surface area contributed by atoms with Crippen LogP contribution in [0.25, 0.3) is 0 Å². The molecule has 1 saturated carbocycles. The van der Waals surface area contributed by atoms with Gasteiger partial charge in [-0.25, -0.2) is 12.8 Å². The highest BCUT2D eigenvalue weighted by atomic mass is 32.2. The van der Waals surface area contributed by atoms with Crippen LogP contribution < -0.4 is 10.0 Å². The highest BCUT2D eigenvalue weighted by Gasteiger charge is 2.46. The Hall–Kier alpha value is -3.45. The lowest BCUT2D eigenvalue weighted by molar-refractivity contribution is -0.132. The van der Waals surface area contributed by atoms with Gasteiger partial charge in [-0.3, -0.25) is 9.52 Å². The van der Waals surface area contributed by atoms with E-state index in [0.29, 0.717) is 18.4 Å². The normalized spacial score (nSPS) is 23.0. The topological polar surface area (TPSA) is 145 Å². The smallest absolute Gasteiger partial charge is 0.286 e. The summed E-state index contributed by atoms with van der Waals surface area (Å²) in [5.41, 5.74) is 0.433. The largest absolute Gasteiger partial charge is 0.511 e. The van der Waals surface area contributed by atoms with E-state index in [1.165, 1.54) is 29.2 Å². The maximum absolute atomic E-state index is 13.8. The van der Waals surface area contributed by atoms with Gasteiger partial charge in [0.05, 0.1) is 11.9 Å². The lowest BCUT2D eigenvalue weighted by Crippen LogP contribution is -2.49. The van der Waals surface area contributed by atoms with Crippen molar-refractivity contribution in [3.05, 3.63) is 65.2 Å². The van der Waals surface area contributed by atoms with Gasteiger partial charge >= 0.3 is 0 Å². The van der Waals surface area contributed by atoms with Crippen molar-refractivity contribution in [2.24, 2.45) is 10.3 Å². The van der Waals surface area contributed by atoms with Crippen molar-refractivity contribution in [1.29, 1.82) is 0 Å². The second-order valence-electron chi connectivity index (χ2n) is 9.05. The Bertz CT molecular complexity index is 1550. The first-order chi connectivity index (χ1) is 16.9. The van der Waals surface area contributed by atoms with E-state index in [1.54, 1.807) is 12.1 Å². The first kappa shape index (κ1) is 24.3. The lowest BCUT2D eigenvalue weighted by atomic mass is 9.89. The minimum absolute atomic E-state index is 0.0335. The van der Waals surface area contributed by atoms with E-state index in [4.69, 9.17) is 0 Å². The standard InChI is InChI=1S/C23H23FN4O6S2/c1-35(31,32)26-15-8-9-17-19(11-15)36(33,34)27-22(25-17)20-21(29)16-6-3-7-18(16)28(23(20)30)12-13-4-2-5-14(24)10-13/h2,4-5,8-11,16,18,26,29H,3,6-7,12H2,1H3,(H,25,27). The molecule has 2 aromatic carbocycles. The van der Waals surface area contributed by atoms with Crippen LogP contribution in [0.15, 0.2) is 63.1 Å². The van der Waals surface area contributed by atoms with Gasteiger partial charge in [-0.05, 0) is 48.7 Å². The van der Waals surface area contributed by atoms with Crippen molar-refractivity contribution in [1.82, 2.24) is 4.90 Å². The Morgan fingerprint density at radius 3 is 2.72 bits per heavy atom. The molecule has 1 fully saturated rings. The number of hydrogen-bond donors (Lipinski definition) is 3. The summed E-state index contributed by atoms with van der Waals surface area (Å²) in [6.07, 6.45) is 2.95. The van der Waals surface area contributed by atoms with Crippen molar-refractivity contribution in [2.45, 2.75) is 36.7 Å². The molecule has 2 atom stereocenters. The number of carbonyl (C=O) groups excluding carboxylic acids is 1. The summed E-state index contributed by atoms with van der Waals surface area (Å²) >= 11 is 0. The zero-order chi connectivity index (χ0) is 25.8. The summed E-state index contributed by atoms with van der Waals surface area (Å²) in [5, 5.41) is 13.9. The van der Waals surface area contributed by atoms with Gasteiger partial charge in [0.25, 0.3) is 15.9 Å². The van der Waals surface area contributed by atoms with Gasteiger partial charge in [0, 0.05) is 24.2 Å². The molecule has 0 spiro atoms. The summed E-state index contributed by atoms with van der Waals surface area (Å²) in [4.78, 5) is 14.9. The monoisotopic (exact) mass is 534 g/mol. The molecule has 10 nitrogen and oxygen atoms in total. The highest BCUT2D eigenvalue weighted by molar-refractivity contribution is 7.92. The SMILES string of the molecule is CS(=O)(=O)Nc1ccc2c(c1)S(=O)(=O)N=C(C1=C(O)C3CCCC3N(Cc3cccc(F)c3)C1=O)N2. The van der Waals surface area contributed by atoms with Crippen molar-refractivity contribution in [2.75, 3.05) is 16.3 Å². The number of aliphatic hydroxyl groups excluding tert-OH is 1. The number of amidine groups is 1. The molecule has 0 saturated heterocycles. The zero-order valence-electron chi connectivity index (χ0n) is 19.1. The van der Waals surface area contributed by atoms with Gasteiger partial charge in [-0.2, -0.15) is 8.42 Å². The van der Waals surface area contributed by atoms with E-state index >= 15 is 0 Å². The van der Waals surface area contributed by atoms with E-state index in [0.717, 1.165) is 18.7 Å². The number of nitrogens with zero attached hydrogens (tertiary/aromatic N) is 2. The molecule has 190 valence electrons. The molecule has 3 N–H and O–H groups in total. The van der Waals surface area contributed by atoms with E-state index < -0.39 is 37.7 Å². The Morgan fingerprint density at radius 1 is 1.22 bits per heavy atom. The Kier molecular flexibility index (Phi) is 5.79. The van der Waals surface area contributed by atoms with E-state index in [2.05, 4.69) is 14.4 Å². The van der Waals surface area contributed by atoms with Gasteiger partial charge in [0.1, 0.15) is 22.0 Å². The molecule has 1 aliphatic carbocycles. The van der Waals surface area contributed by atoms with Crippen LogP contribution in [0.2, 0.25) is 0 Å². The second kappa shape index (κ2) is 8.59. The minimum Gasteiger partial charge on any atom is -0.511 e. The van der Waals surface area contributed by atoms with Crippen LogP contribution in [0.3, 0.4) is 0 Å². The Balaban J connectivity index is 1.54. The number of fused-ring (bicyclic) bond motifs is 2. The third-order valence-electron chi connectivity index (χ3n) is 6.47. The molecule has 2 aliphatic heterocycles. The first-order valence-corrected chi connectivity index (χ1v) is 14.5. The molecule has 0 aromatic heterocycles. The van der Waals surface area contributed by atoms with E-state index in [-0.39, 0.29) is 46.0 Å². The molecule has 13 heteroatoms. The molecule has 0 radical (unpaired) electrons. The number of amides is 1. The molecule has 2 aromatic rings. The van der Waals surface area contributed by atoms with Crippen LogP contribution in [-0.2, 0) is 31.4 Å². The van der Waals surface area contributed by atoms with Gasteiger partial charge < -0.3 is 15.3 Å². The molecule has 0 bridgehead atoms. The van der Waals surface area contributed by atoms with E-state index in [1.807, 2.05) is 0 Å². The average molecular weight is 535 g/mol. The zero-order valence-corrected chi connectivity index (χ0v) is 20.7. The van der Waals surface area contributed by atoms with Crippen molar-refractivity contribution < 1.29 is 31.1 Å². The molecule has 2 heterocycles. The van der Waals surface area contributed by atoms with E-state index in [9.17, 15) is 31.1 Å². The summed E-state index contributed by atoms with van der Waals surface area (Å²) in [7, 11) is -7.99. The van der Waals surface area contributed by atoms with Gasteiger partial charge in [-0.15, -0.1) is 4.40 Å². The number of hydrogen-bond acceptors (Lipinski definition) is 7. The van der Waals surface area contributed by atoms with Crippen LogP contribution in [-0.4, -0.2) is 50.9 Å². The number of nitrogens with one attached hydrogen (secondary N) is 2. The maximum atomic E-state index is 13.8. The molecular formula is C23H23FN4O6S2. The molecule has 5 rings (SSSR count). The molecule has 36 heavy (non-hydrogen) atoms. The van der Waals surface area contributed by atoms with Crippen LogP contribution in [0.1, 0.15) is 24.8 Å². The predicted octanol–water partition coefficient (Wildman–Crippen LogP) is 2.73. The highest BCUT2D eigenvalue weighted by Crippen LogP contribution is 2.42. The molecular weight excluding hydrogens is 511 g/mol. The summed E-state index contributed by atoms with van der Waals surface area (Å²) in [6, 6.07) is 9.40. The van der Waals surface area contributed by atoms with Crippen LogP contribution >= 0.6 is 0 Å². The van der Waals surface area contributed by atoms with Gasteiger partial charge in [0.2, 0.25) is 10.0 Å². The van der Waals surface area contributed by atoms with Gasteiger partial charge in [0.15, 0.2) is 5.84 Å². The summed E-state index contributed by atoms with van der Waals surface area (Å²) in [6.45, 7) is 0.0890. The number of halogens is 1. The fourth-order valence-electron chi connectivity index (χ4n) is 5.01. The number of sulfonamides is 2. The van der Waals surface area contributed by atoms with Crippen molar-refractivity contribution in [3.63, 3.8) is 0 Å². The first-order valence-electron chi connectivity index (χ1n) is 11.2. The van der Waals surface area contributed by atoms with Crippen LogP contribution in [0.4, 0.5) is 15.8 Å². The lowest BCUT2D eigenvalue weighted by Gasteiger charge is -2.39. The maximum Gasteiger partial charge on any atom is 0.286 e. The van der Waals surface area contributed by atoms with Crippen molar-refractivity contribution in [3.8, 4) is 0 Å². The Morgan fingerprint density at radius 2 is 2.00 bits per heavy atom. The second-order valence-corrected chi connectivity index (χ2v) is 12.4. The minimum atomic E-state index is -4.34. The number of anilines is 2. The number of aliphatic hydroxyl groups is 1. The number of rotatable bonds is 5. The average Bonchev–Trinajstić information content (AvgIpc) is 3.26.